The zero-order valence-electron chi connectivity index (χ0n) is 8.40. The lowest BCUT2D eigenvalue weighted by Crippen LogP contribution is -2.36. The van der Waals surface area contributed by atoms with Gasteiger partial charge in [-0.25, -0.2) is 0 Å². The first-order valence-electron chi connectivity index (χ1n) is 4.37. The van der Waals surface area contributed by atoms with Gasteiger partial charge in [0.05, 0.1) is 5.60 Å². The summed E-state index contributed by atoms with van der Waals surface area (Å²) >= 11 is 1.62. The molecule has 1 atom stereocenters. The van der Waals surface area contributed by atoms with Crippen LogP contribution in [0, 0.1) is 0 Å². The molecule has 0 saturated heterocycles. The van der Waals surface area contributed by atoms with Gasteiger partial charge in [-0.1, -0.05) is 0 Å². The van der Waals surface area contributed by atoms with Crippen molar-refractivity contribution in [1.82, 2.24) is 10.2 Å². The molecular weight excluding hydrogens is 198 g/mol. The van der Waals surface area contributed by atoms with E-state index in [0.29, 0.717) is 18.1 Å². The van der Waals surface area contributed by atoms with Crippen molar-refractivity contribution in [1.29, 1.82) is 0 Å². The van der Waals surface area contributed by atoms with Crippen molar-refractivity contribution in [3.05, 3.63) is 18.3 Å². The first-order chi connectivity index (χ1) is 6.64. The number of anilines is 1. The van der Waals surface area contributed by atoms with Crippen molar-refractivity contribution in [3.63, 3.8) is 0 Å². The molecule has 0 aliphatic carbocycles. The van der Waals surface area contributed by atoms with Gasteiger partial charge in [-0.15, -0.1) is 5.10 Å². The maximum absolute atomic E-state index is 9.84. The molecule has 1 rings (SSSR count). The summed E-state index contributed by atoms with van der Waals surface area (Å²) in [6, 6.07) is 3.63. The number of aromatic nitrogens is 2. The second kappa shape index (κ2) is 5.17. The molecule has 0 radical (unpaired) electrons. The van der Waals surface area contributed by atoms with Crippen molar-refractivity contribution >= 4 is 17.6 Å². The van der Waals surface area contributed by atoms with Gasteiger partial charge >= 0.3 is 0 Å². The van der Waals surface area contributed by atoms with Crippen molar-refractivity contribution in [2.24, 2.45) is 0 Å². The lowest BCUT2D eigenvalue weighted by Gasteiger charge is -2.22. The van der Waals surface area contributed by atoms with E-state index in [2.05, 4.69) is 15.5 Å². The van der Waals surface area contributed by atoms with E-state index in [1.165, 1.54) is 0 Å². The van der Waals surface area contributed by atoms with Crippen molar-refractivity contribution in [2.75, 3.05) is 23.9 Å². The van der Waals surface area contributed by atoms with E-state index in [1.807, 2.05) is 12.3 Å². The van der Waals surface area contributed by atoms with Crippen LogP contribution in [-0.2, 0) is 0 Å². The Hall–Kier alpha value is -0.810. The van der Waals surface area contributed by atoms with E-state index in [1.54, 1.807) is 30.9 Å². The Bertz CT molecular complexity index is 266. The minimum Gasteiger partial charge on any atom is -0.387 e. The van der Waals surface area contributed by atoms with E-state index in [0.717, 1.165) is 0 Å². The lowest BCUT2D eigenvalue weighted by atomic mass is 10.1. The normalized spacial score (nSPS) is 14.8. The Kier molecular flexibility index (Phi) is 4.16. The number of nitrogens with one attached hydrogen (secondary N) is 1. The highest BCUT2D eigenvalue weighted by Gasteiger charge is 2.19. The van der Waals surface area contributed by atoms with Gasteiger partial charge in [0, 0.05) is 18.5 Å². The Morgan fingerprint density at radius 3 is 3.00 bits per heavy atom. The topological polar surface area (TPSA) is 58.0 Å². The summed E-state index contributed by atoms with van der Waals surface area (Å²) in [6.45, 7) is 2.28. The van der Waals surface area contributed by atoms with E-state index in [9.17, 15) is 5.11 Å². The quantitative estimate of drug-likeness (QED) is 0.764. The summed E-state index contributed by atoms with van der Waals surface area (Å²) in [5, 5.41) is 20.5. The first kappa shape index (κ1) is 11.3. The van der Waals surface area contributed by atoms with E-state index in [-0.39, 0.29) is 0 Å². The van der Waals surface area contributed by atoms with Crippen LogP contribution in [0.5, 0.6) is 0 Å². The summed E-state index contributed by atoms with van der Waals surface area (Å²) in [6.07, 6.45) is 3.59. The van der Waals surface area contributed by atoms with Crippen LogP contribution < -0.4 is 5.32 Å². The summed E-state index contributed by atoms with van der Waals surface area (Å²) in [5.41, 5.74) is -0.711. The van der Waals surface area contributed by atoms with Crippen molar-refractivity contribution < 1.29 is 5.11 Å². The highest BCUT2D eigenvalue weighted by atomic mass is 32.2. The molecule has 0 spiro atoms. The average Bonchev–Trinajstić information content (AvgIpc) is 2.17. The molecule has 1 aromatic rings. The van der Waals surface area contributed by atoms with Gasteiger partial charge in [0.25, 0.3) is 0 Å². The highest BCUT2D eigenvalue weighted by molar-refractivity contribution is 7.98. The number of aliphatic hydroxyl groups is 1. The van der Waals surface area contributed by atoms with Crippen LogP contribution in [0.4, 0.5) is 5.82 Å². The standard InChI is InChI=1S/C9H15N3OS/c1-9(13,7-14-2)6-10-8-4-3-5-11-12-8/h3-5,13H,6-7H2,1-2H3,(H,10,12). The molecule has 1 unspecified atom stereocenters. The first-order valence-corrected chi connectivity index (χ1v) is 5.76. The van der Waals surface area contributed by atoms with Gasteiger partial charge in [0.2, 0.25) is 0 Å². The minimum absolute atomic E-state index is 0.479. The van der Waals surface area contributed by atoms with Crippen molar-refractivity contribution in [3.8, 4) is 0 Å². The summed E-state index contributed by atoms with van der Waals surface area (Å²) in [4.78, 5) is 0. The molecule has 78 valence electrons. The van der Waals surface area contributed by atoms with Crippen LogP contribution in [0.3, 0.4) is 0 Å². The molecule has 1 aromatic heterocycles. The molecule has 5 heteroatoms. The van der Waals surface area contributed by atoms with E-state index >= 15 is 0 Å². The smallest absolute Gasteiger partial charge is 0.148 e. The zero-order valence-corrected chi connectivity index (χ0v) is 9.21. The van der Waals surface area contributed by atoms with Crippen LogP contribution in [0.1, 0.15) is 6.92 Å². The number of thioether (sulfide) groups is 1. The fourth-order valence-corrected chi connectivity index (χ4v) is 1.76. The number of hydrogen-bond acceptors (Lipinski definition) is 5. The van der Waals surface area contributed by atoms with Crippen molar-refractivity contribution in [2.45, 2.75) is 12.5 Å². The average molecular weight is 213 g/mol. The van der Waals surface area contributed by atoms with Gasteiger partial charge in [-0.05, 0) is 25.3 Å². The maximum atomic E-state index is 9.84. The fourth-order valence-electron chi connectivity index (χ4n) is 1.04. The third kappa shape index (κ3) is 3.93. The zero-order chi connectivity index (χ0) is 10.4. The molecule has 1 heterocycles. The highest BCUT2D eigenvalue weighted by Crippen LogP contribution is 2.11. The van der Waals surface area contributed by atoms with Gasteiger partial charge in [-0.3, -0.25) is 0 Å². The molecule has 0 amide bonds. The monoisotopic (exact) mass is 213 g/mol. The van der Waals surface area contributed by atoms with Gasteiger partial charge < -0.3 is 10.4 Å². The molecular formula is C9H15N3OS. The Morgan fingerprint density at radius 1 is 1.64 bits per heavy atom. The maximum Gasteiger partial charge on any atom is 0.148 e. The van der Waals surface area contributed by atoms with Crippen LogP contribution in [0.15, 0.2) is 18.3 Å². The van der Waals surface area contributed by atoms with Crippen LogP contribution >= 0.6 is 11.8 Å². The van der Waals surface area contributed by atoms with Gasteiger partial charge in [0.1, 0.15) is 5.82 Å². The molecule has 14 heavy (non-hydrogen) atoms. The minimum atomic E-state index is -0.711. The van der Waals surface area contributed by atoms with E-state index in [4.69, 9.17) is 0 Å². The van der Waals surface area contributed by atoms with Gasteiger partial charge in [0.15, 0.2) is 0 Å². The predicted octanol–water partition coefficient (Wildman–Crippen LogP) is 1.00. The van der Waals surface area contributed by atoms with Crippen LogP contribution in [-0.4, -0.2) is 39.5 Å². The molecule has 4 nitrogen and oxygen atoms in total. The Labute approximate surface area is 88.1 Å². The largest absolute Gasteiger partial charge is 0.387 e. The molecule has 2 N–H and O–H groups in total. The van der Waals surface area contributed by atoms with Crippen LogP contribution in [0.2, 0.25) is 0 Å². The Morgan fingerprint density at radius 2 is 2.43 bits per heavy atom. The SMILES string of the molecule is CSCC(C)(O)CNc1cccnn1. The number of rotatable bonds is 5. The third-order valence-electron chi connectivity index (χ3n) is 1.68. The number of nitrogens with zero attached hydrogens (tertiary/aromatic N) is 2. The summed E-state index contributed by atoms with van der Waals surface area (Å²) < 4.78 is 0. The molecule has 0 aromatic carbocycles. The van der Waals surface area contributed by atoms with Gasteiger partial charge in [-0.2, -0.15) is 16.9 Å². The van der Waals surface area contributed by atoms with E-state index < -0.39 is 5.60 Å². The molecule has 0 aliphatic heterocycles. The molecule has 0 aliphatic rings. The second-order valence-corrected chi connectivity index (χ2v) is 4.26. The fraction of sp³-hybridized carbons (Fsp3) is 0.556. The summed E-state index contributed by atoms with van der Waals surface area (Å²) in [7, 11) is 0. The summed E-state index contributed by atoms with van der Waals surface area (Å²) in [5.74, 6) is 1.38. The predicted molar refractivity (Wildman–Crippen MR) is 59.5 cm³/mol. The third-order valence-corrected chi connectivity index (χ3v) is 2.59. The Balaban J connectivity index is 2.40. The molecule has 0 fully saturated rings. The molecule has 0 bridgehead atoms. The molecule has 0 saturated carbocycles. The lowest BCUT2D eigenvalue weighted by molar-refractivity contribution is 0.0996. The second-order valence-electron chi connectivity index (χ2n) is 3.39. The van der Waals surface area contributed by atoms with Crippen LogP contribution in [0.25, 0.3) is 0 Å². The number of hydrogen-bond donors (Lipinski definition) is 2.